The second-order valence-electron chi connectivity index (χ2n) is 11.4. The van der Waals surface area contributed by atoms with Gasteiger partial charge in [0.1, 0.15) is 0 Å². The van der Waals surface area contributed by atoms with Crippen LogP contribution in [0.2, 0.25) is 0 Å². The maximum absolute atomic E-state index is 5.18. The molecule has 0 atom stereocenters. The summed E-state index contributed by atoms with van der Waals surface area (Å²) in [6.45, 7) is 4.68. The van der Waals surface area contributed by atoms with Gasteiger partial charge in [0.25, 0.3) is 0 Å². The zero-order valence-electron chi connectivity index (χ0n) is 23.1. The smallest absolute Gasteiger partial charge is 0.160 e. The Labute approximate surface area is 240 Å². The highest BCUT2D eigenvalue weighted by Crippen LogP contribution is 2.51. The maximum Gasteiger partial charge on any atom is 0.160 e. The molecule has 0 saturated carbocycles. The molecule has 2 nitrogen and oxygen atoms in total. The van der Waals surface area contributed by atoms with E-state index in [9.17, 15) is 0 Å². The molecule has 1 aliphatic rings. The van der Waals surface area contributed by atoms with Crippen molar-refractivity contribution in [1.82, 2.24) is 9.97 Å². The maximum atomic E-state index is 5.18. The van der Waals surface area contributed by atoms with E-state index in [-0.39, 0.29) is 5.41 Å². The molecule has 7 aromatic rings. The highest BCUT2D eigenvalue weighted by Gasteiger charge is 2.36. The Morgan fingerprint density at radius 2 is 1.20 bits per heavy atom. The van der Waals surface area contributed by atoms with Gasteiger partial charge in [-0.2, -0.15) is 0 Å². The van der Waals surface area contributed by atoms with Crippen molar-refractivity contribution in [2.75, 3.05) is 0 Å². The molecule has 0 spiro atoms. The van der Waals surface area contributed by atoms with Crippen LogP contribution >= 0.6 is 0 Å². The van der Waals surface area contributed by atoms with Crippen molar-refractivity contribution in [3.63, 3.8) is 0 Å². The summed E-state index contributed by atoms with van der Waals surface area (Å²) in [7, 11) is 0. The van der Waals surface area contributed by atoms with Crippen LogP contribution in [-0.2, 0) is 5.41 Å². The molecule has 194 valence electrons. The number of fused-ring (bicyclic) bond motifs is 6. The standard InChI is InChI=1S/C39H28N2/c1-39(2)34-18-9-8-16-31(34)33-22-19-27-23-28(20-21-30(27)37(33)39)38-40-35(26-12-4-3-5-13-26)24-36(41-38)32-17-10-14-25-11-6-7-15-29(25)32/h3-24H,1-2H3. The van der Waals surface area contributed by atoms with Crippen LogP contribution in [0.5, 0.6) is 0 Å². The third-order valence-corrected chi connectivity index (χ3v) is 8.65. The van der Waals surface area contributed by atoms with Crippen LogP contribution < -0.4 is 0 Å². The molecule has 8 rings (SSSR count). The Morgan fingerprint density at radius 1 is 0.463 bits per heavy atom. The van der Waals surface area contributed by atoms with E-state index in [2.05, 4.69) is 141 Å². The number of aromatic nitrogens is 2. The van der Waals surface area contributed by atoms with Crippen molar-refractivity contribution in [2.24, 2.45) is 0 Å². The number of hydrogen-bond donors (Lipinski definition) is 0. The molecule has 1 aromatic heterocycles. The Balaban J connectivity index is 1.33. The molecule has 1 aliphatic carbocycles. The van der Waals surface area contributed by atoms with E-state index in [0.29, 0.717) is 0 Å². The van der Waals surface area contributed by atoms with E-state index < -0.39 is 0 Å². The molecule has 0 radical (unpaired) electrons. The van der Waals surface area contributed by atoms with Gasteiger partial charge in [0.15, 0.2) is 5.82 Å². The molecule has 6 aromatic carbocycles. The Hall–Kier alpha value is -5.08. The molecule has 1 heterocycles. The van der Waals surface area contributed by atoms with Gasteiger partial charge in [0.05, 0.1) is 11.4 Å². The van der Waals surface area contributed by atoms with Gasteiger partial charge in [0, 0.05) is 22.1 Å². The zero-order valence-corrected chi connectivity index (χ0v) is 23.1. The predicted octanol–water partition coefficient (Wildman–Crippen LogP) is 10.1. The monoisotopic (exact) mass is 524 g/mol. The number of benzene rings is 6. The third kappa shape index (κ3) is 3.72. The van der Waals surface area contributed by atoms with Gasteiger partial charge in [-0.15, -0.1) is 0 Å². The summed E-state index contributed by atoms with van der Waals surface area (Å²) in [4.78, 5) is 10.3. The molecule has 0 N–H and O–H groups in total. The summed E-state index contributed by atoms with van der Waals surface area (Å²) in [5.41, 5.74) is 10.5. The molecule has 0 fully saturated rings. The van der Waals surface area contributed by atoms with Crippen LogP contribution in [-0.4, -0.2) is 9.97 Å². The number of hydrogen-bond acceptors (Lipinski definition) is 2. The summed E-state index contributed by atoms with van der Waals surface area (Å²) < 4.78 is 0. The fourth-order valence-electron chi connectivity index (χ4n) is 6.68. The fraction of sp³-hybridized carbons (Fsp3) is 0.0769. The van der Waals surface area contributed by atoms with Crippen LogP contribution in [0, 0.1) is 0 Å². The highest BCUT2D eigenvalue weighted by molar-refractivity contribution is 5.99. The van der Waals surface area contributed by atoms with Gasteiger partial charge in [-0.1, -0.05) is 135 Å². The first-order valence-corrected chi connectivity index (χ1v) is 14.2. The largest absolute Gasteiger partial charge is 0.228 e. The molecular formula is C39H28N2. The van der Waals surface area contributed by atoms with Crippen LogP contribution in [0.25, 0.3) is 66.6 Å². The van der Waals surface area contributed by atoms with E-state index in [4.69, 9.17) is 9.97 Å². The molecule has 41 heavy (non-hydrogen) atoms. The van der Waals surface area contributed by atoms with Crippen molar-refractivity contribution >= 4 is 21.5 Å². The fourth-order valence-corrected chi connectivity index (χ4v) is 6.68. The first kappa shape index (κ1) is 23.8. The minimum Gasteiger partial charge on any atom is -0.228 e. The summed E-state index contributed by atoms with van der Waals surface area (Å²) in [5.74, 6) is 0.735. The molecular weight excluding hydrogens is 496 g/mol. The van der Waals surface area contributed by atoms with Gasteiger partial charge in [-0.05, 0) is 55.9 Å². The first-order chi connectivity index (χ1) is 20.1. The van der Waals surface area contributed by atoms with Crippen molar-refractivity contribution in [3.05, 3.63) is 145 Å². The summed E-state index contributed by atoms with van der Waals surface area (Å²) in [6.07, 6.45) is 0. The van der Waals surface area contributed by atoms with Crippen molar-refractivity contribution in [2.45, 2.75) is 19.3 Å². The lowest BCUT2D eigenvalue weighted by molar-refractivity contribution is 0.666. The second kappa shape index (κ2) is 8.97. The molecule has 0 bridgehead atoms. The van der Waals surface area contributed by atoms with Gasteiger partial charge in [-0.3, -0.25) is 0 Å². The van der Waals surface area contributed by atoms with E-state index in [0.717, 1.165) is 33.9 Å². The van der Waals surface area contributed by atoms with Gasteiger partial charge >= 0.3 is 0 Å². The number of nitrogens with zero attached hydrogens (tertiary/aromatic N) is 2. The van der Waals surface area contributed by atoms with Crippen molar-refractivity contribution in [1.29, 1.82) is 0 Å². The first-order valence-electron chi connectivity index (χ1n) is 14.2. The topological polar surface area (TPSA) is 25.8 Å². The van der Waals surface area contributed by atoms with Gasteiger partial charge in [-0.25, -0.2) is 9.97 Å². The molecule has 0 saturated heterocycles. The average Bonchev–Trinajstić information content (AvgIpc) is 3.27. The average molecular weight is 525 g/mol. The lowest BCUT2D eigenvalue weighted by Gasteiger charge is -2.23. The summed E-state index contributed by atoms with van der Waals surface area (Å²) in [5, 5.41) is 4.90. The van der Waals surface area contributed by atoms with Crippen molar-refractivity contribution < 1.29 is 0 Å². The predicted molar refractivity (Wildman–Crippen MR) is 171 cm³/mol. The highest BCUT2D eigenvalue weighted by atomic mass is 14.9. The lowest BCUT2D eigenvalue weighted by atomic mass is 9.80. The van der Waals surface area contributed by atoms with Crippen molar-refractivity contribution in [3.8, 4) is 45.0 Å². The lowest BCUT2D eigenvalue weighted by Crippen LogP contribution is -2.15. The quantitative estimate of drug-likeness (QED) is 0.230. The zero-order chi connectivity index (χ0) is 27.6. The van der Waals surface area contributed by atoms with Crippen LogP contribution in [0.1, 0.15) is 25.0 Å². The van der Waals surface area contributed by atoms with E-state index >= 15 is 0 Å². The van der Waals surface area contributed by atoms with E-state index in [1.165, 1.54) is 43.8 Å². The summed E-state index contributed by atoms with van der Waals surface area (Å²) >= 11 is 0. The minimum absolute atomic E-state index is 0.0573. The molecule has 2 heteroatoms. The van der Waals surface area contributed by atoms with E-state index in [1.54, 1.807) is 0 Å². The Morgan fingerprint density at radius 3 is 2.10 bits per heavy atom. The van der Waals surface area contributed by atoms with Crippen LogP contribution in [0.15, 0.2) is 133 Å². The van der Waals surface area contributed by atoms with E-state index in [1.807, 2.05) is 6.07 Å². The second-order valence-corrected chi connectivity index (χ2v) is 11.4. The molecule has 0 amide bonds. The SMILES string of the molecule is CC1(C)c2ccccc2-c2ccc3cc(-c4nc(-c5ccccc5)cc(-c5cccc6ccccc56)n4)ccc3c21. The van der Waals surface area contributed by atoms with Crippen LogP contribution in [0.4, 0.5) is 0 Å². The van der Waals surface area contributed by atoms with Gasteiger partial charge < -0.3 is 0 Å². The Kier molecular flexibility index (Phi) is 5.20. The minimum atomic E-state index is -0.0573. The third-order valence-electron chi connectivity index (χ3n) is 8.65. The number of rotatable bonds is 3. The summed E-state index contributed by atoms with van der Waals surface area (Å²) in [6, 6.07) is 47.5. The van der Waals surface area contributed by atoms with Crippen LogP contribution in [0.3, 0.4) is 0 Å². The Bertz CT molecular complexity index is 2120. The molecule has 0 aliphatic heterocycles. The van der Waals surface area contributed by atoms with Gasteiger partial charge in [0.2, 0.25) is 0 Å². The normalized spacial score (nSPS) is 13.3. The molecule has 0 unspecified atom stereocenters.